The van der Waals surface area contributed by atoms with Crippen LogP contribution in [-0.2, 0) is 4.79 Å². The van der Waals surface area contributed by atoms with Crippen LogP contribution < -0.4 is 11.1 Å². The summed E-state index contributed by atoms with van der Waals surface area (Å²) in [6.07, 6.45) is 3.51. The monoisotopic (exact) mass is 326 g/mol. The summed E-state index contributed by atoms with van der Waals surface area (Å²) in [5, 5.41) is 10.1. The number of nitrogens with two attached hydrogens (primary N) is 1. The first kappa shape index (κ1) is 15.3. The molecule has 0 aliphatic carbocycles. The van der Waals surface area contributed by atoms with Crippen LogP contribution in [0.15, 0.2) is 60.9 Å². The van der Waals surface area contributed by atoms with Gasteiger partial charge in [0, 0.05) is 22.5 Å². The fraction of sp³-hybridized carbons (Fsp3) is 0.0588. The Morgan fingerprint density at radius 2 is 1.96 bits per heavy atom. The lowest BCUT2D eigenvalue weighted by Crippen LogP contribution is -2.27. The number of nitrogens with zero attached hydrogens (tertiary/aromatic N) is 1. The van der Waals surface area contributed by atoms with E-state index >= 15 is 0 Å². The second kappa shape index (κ2) is 6.64. The molecule has 6 heteroatoms. The molecule has 116 valence electrons. The lowest BCUT2D eigenvalue weighted by molar-refractivity contribution is -0.117. The van der Waals surface area contributed by atoms with Gasteiger partial charge in [-0.25, -0.2) is 0 Å². The van der Waals surface area contributed by atoms with Gasteiger partial charge in [-0.2, -0.15) is 5.10 Å². The number of carbonyl (C=O) groups excluding carboxylic acids is 1. The van der Waals surface area contributed by atoms with Crippen molar-refractivity contribution in [2.45, 2.75) is 6.04 Å². The van der Waals surface area contributed by atoms with E-state index in [9.17, 15) is 4.79 Å². The number of amides is 1. The third-order valence-corrected chi connectivity index (χ3v) is 3.73. The van der Waals surface area contributed by atoms with Gasteiger partial charge in [-0.1, -0.05) is 35.9 Å². The van der Waals surface area contributed by atoms with Crippen molar-refractivity contribution in [1.82, 2.24) is 10.2 Å². The molecular weight excluding hydrogens is 312 g/mol. The van der Waals surface area contributed by atoms with E-state index in [2.05, 4.69) is 15.5 Å². The van der Waals surface area contributed by atoms with Crippen LogP contribution in [-0.4, -0.2) is 16.1 Å². The highest BCUT2D eigenvalue weighted by atomic mass is 35.5. The molecule has 2 aromatic carbocycles. The maximum absolute atomic E-state index is 12.3. The molecule has 3 rings (SSSR count). The maximum atomic E-state index is 12.3. The highest BCUT2D eigenvalue weighted by Crippen LogP contribution is 2.22. The summed E-state index contributed by atoms with van der Waals surface area (Å²) in [4.78, 5) is 12.3. The molecule has 23 heavy (non-hydrogen) atoms. The Balaban J connectivity index is 1.75. The summed E-state index contributed by atoms with van der Waals surface area (Å²) >= 11 is 5.84. The zero-order chi connectivity index (χ0) is 16.2. The normalized spacial score (nSPS) is 11.9. The summed E-state index contributed by atoms with van der Waals surface area (Å²) in [6, 6.07) is 13.7. The van der Waals surface area contributed by atoms with Crippen LogP contribution in [0.1, 0.15) is 11.6 Å². The van der Waals surface area contributed by atoms with Gasteiger partial charge in [0.1, 0.15) is 6.04 Å². The van der Waals surface area contributed by atoms with Crippen LogP contribution in [0, 0.1) is 0 Å². The number of rotatable bonds is 4. The van der Waals surface area contributed by atoms with Gasteiger partial charge in [0.25, 0.3) is 0 Å². The van der Waals surface area contributed by atoms with Crippen molar-refractivity contribution in [2.24, 2.45) is 5.73 Å². The average molecular weight is 327 g/mol. The first-order valence-corrected chi connectivity index (χ1v) is 7.42. The van der Waals surface area contributed by atoms with Gasteiger partial charge >= 0.3 is 0 Å². The van der Waals surface area contributed by atoms with Crippen molar-refractivity contribution >= 4 is 23.2 Å². The molecule has 0 aliphatic rings. The minimum absolute atomic E-state index is 0.281. The number of H-pyrrole nitrogens is 1. The number of benzene rings is 2. The largest absolute Gasteiger partial charge is 0.324 e. The third kappa shape index (κ3) is 3.59. The minimum atomic E-state index is -0.759. The quantitative estimate of drug-likeness (QED) is 0.687. The molecule has 0 spiro atoms. The number of aromatic amines is 1. The van der Waals surface area contributed by atoms with Crippen LogP contribution >= 0.6 is 11.6 Å². The maximum Gasteiger partial charge on any atom is 0.245 e. The molecule has 0 saturated heterocycles. The standard InChI is InChI=1S/C17H15ClN4O/c18-14-6-4-11(5-7-14)16(19)17(23)22-15-3-1-2-12(8-15)13-9-20-21-10-13/h1-10,16H,19H2,(H,20,21)(H,22,23). The zero-order valence-electron chi connectivity index (χ0n) is 12.2. The van der Waals surface area contributed by atoms with E-state index in [0.29, 0.717) is 16.3 Å². The number of nitrogens with one attached hydrogen (secondary N) is 2. The van der Waals surface area contributed by atoms with E-state index in [1.54, 1.807) is 36.7 Å². The van der Waals surface area contributed by atoms with Crippen molar-refractivity contribution in [3.63, 3.8) is 0 Å². The smallest absolute Gasteiger partial charge is 0.245 e. The average Bonchev–Trinajstić information content (AvgIpc) is 3.10. The van der Waals surface area contributed by atoms with Crippen LogP contribution in [0.2, 0.25) is 5.02 Å². The third-order valence-electron chi connectivity index (χ3n) is 3.47. The molecule has 0 radical (unpaired) electrons. The molecule has 1 heterocycles. The molecule has 0 bridgehead atoms. The number of hydrogen-bond donors (Lipinski definition) is 3. The lowest BCUT2D eigenvalue weighted by atomic mass is 10.1. The van der Waals surface area contributed by atoms with Gasteiger partial charge in [-0.3, -0.25) is 9.89 Å². The van der Waals surface area contributed by atoms with E-state index in [1.165, 1.54) is 0 Å². The topological polar surface area (TPSA) is 83.8 Å². The number of aromatic nitrogens is 2. The predicted molar refractivity (Wildman–Crippen MR) is 91.0 cm³/mol. The fourth-order valence-corrected chi connectivity index (χ4v) is 2.35. The summed E-state index contributed by atoms with van der Waals surface area (Å²) in [6.45, 7) is 0. The molecule has 3 aromatic rings. The summed E-state index contributed by atoms with van der Waals surface area (Å²) in [7, 11) is 0. The second-order valence-corrected chi connectivity index (χ2v) is 5.52. The van der Waals surface area contributed by atoms with E-state index in [-0.39, 0.29) is 5.91 Å². The summed E-state index contributed by atoms with van der Waals surface area (Å²) in [5.74, 6) is -0.281. The Morgan fingerprint density at radius 1 is 1.17 bits per heavy atom. The van der Waals surface area contributed by atoms with Gasteiger partial charge in [0.15, 0.2) is 0 Å². The highest BCUT2D eigenvalue weighted by molar-refractivity contribution is 6.30. The van der Waals surface area contributed by atoms with Crippen LogP contribution in [0.4, 0.5) is 5.69 Å². The van der Waals surface area contributed by atoms with Crippen LogP contribution in [0.3, 0.4) is 0 Å². The van der Waals surface area contributed by atoms with Crippen molar-refractivity contribution in [2.75, 3.05) is 5.32 Å². The second-order valence-electron chi connectivity index (χ2n) is 5.09. The van der Waals surface area contributed by atoms with Gasteiger partial charge < -0.3 is 11.1 Å². The van der Waals surface area contributed by atoms with Gasteiger partial charge in [-0.15, -0.1) is 0 Å². The first-order chi connectivity index (χ1) is 11.1. The predicted octanol–water partition coefficient (Wildman–Crippen LogP) is 3.37. The van der Waals surface area contributed by atoms with E-state index in [4.69, 9.17) is 17.3 Å². The Kier molecular flexibility index (Phi) is 4.41. The lowest BCUT2D eigenvalue weighted by Gasteiger charge is -2.13. The molecule has 5 nitrogen and oxygen atoms in total. The van der Waals surface area contributed by atoms with Gasteiger partial charge in [-0.05, 0) is 35.4 Å². The SMILES string of the molecule is NC(C(=O)Nc1cccc(-c2cn[nH]c2)c1)c1ccc(Cl)cc1. The van der Waals surface area contributed by atoms with E-state index < -0.39 is 6.04 Å². The highest BCUT2D eigenvalue weighted by Gasteiger charge is 2.16. The molecule has 1 atom stereocenters. The summed E-state index contributed by atoms with van der Waals surface area (Å²) < 4.78 is 0. The van der Waals surface area contributed by atoms with Crippen molar-refractivity contribution in [3.05, 3.63) is 71.5 Å². The first-order valence-electron chi connectivity index (χ1n) is 7.04. The van der Waals surface area contributed by atoms with Gasteiger partial charge in [0.2, 0.25) is 5.91 Å². The van der Waals surface area contributed by atoms with E-state index in [1.807, 2.05) is 24.3 Å². The molecule has 4 N–H and O–H groups in total. The fourth-order valence-electron chi connectivity index (χ4n) is 2.23. The minimum Gasteiger partial charge on any atom is -0.324 e. The van der Waals surface area contributed by atoms with Crippen molar-refractivity contribution < 1.29 is 4.79 Å². The molecule has 0 aliphatic heterocycles. The Hall–Kier alpha value is -2.63. The molecule has 1 unspecified atom stereocenters. The number of halogens is 1. The summed E-state index contributed by atoms with van der Waals surface area (Å²) in [5.41, 5.74) is 9.29. The Bertz CT molecular complexity index is 800. The van der Waals surface area contributed by atoms with Gasteiger partial charge in [0.05, 0.1) is 6.20 Å². The molecule has 0 fully saturated rings. The van der Waals surface area contributed by atoms with Crippen molar-refractivity contribution in [3.8, 4) is 11.1 Å². The molecular formula is C17H15ClN4O. The molecule has 1 amide bonds. The van der Waals surface area contributed by atoms with Crippen LogP contribution in [0.25, 0.3) is 11.1 Å². The van der Waals surface area contributed by atoms with Crippen molar-refractivity contribution in [1.29, 1.82) is 0 Å². The number of anilines is 1. The molecule has 0 saturated carbocycles. The van der Waals surface area contributed by atoms with Crippen LogP contribution in [0.5, 0.6) is 0 Å². The Morgan fingerprint density at radius 3 is 2.65 bits per heavy atom. The zero-order valence-corrected chi connectivity index (χ0v) is 12.9. The van der Waals surface area contributed by atoms with E-state index in [0.717, 1.165) is 11.1 Å². The number of carbonyl (C=O) groups is 1. The Labute approximate surface area is 138 Å². The molecule has 1 aromatic heterocycles. The number of hydrogen-bond acceptors (Lipinski definition) is 3.